The zero-order valence-corrected chi connectivity index (χ0v) is 20.3. The molecular weight excluding hydrogens is 456 g/mol. The van der Waals surface area contributed by atoms with Crippen LogP contribution >= 0.6 is 0 Å². The lowest BCUT2D eigenvalue weighted by atomic mass is 10.0. The van der Waals surface area contributed by atoms with E-state index in [1.54, 1.807) is 25.6 Å². The number of ether oxygens (including phenoxy) is 1. The molecule has 0 bridgehead atoms. The van der Waals surface area contributed by atoms with E-state index in [0.29, 0.717) is 23.8 Å². The molecule has 0 spiro atoms. The highest BCUT2D eigenvalue weighted by atomic mass is 16.5. The van der Waals surface area contributed by atoms with Crippen LogP contribution in [-0.4, -0.2) is 68.7 Å². The Balaban J connectivity index is 1.45. The van der Waals surface area contributed by atoms with E-state index in [4.69, 9.17) is 9.72 Å². The molecule has 10 heteroatoms. The predicted molar refractivity (Wildman–Crippen MR) is 138 cm³/mol. The monoisotopic (exact) mass is 484 g/mol. The summed E-state index contributed by atoms with van der Waals surface area (Å²) in [6, 6.07) is 9.52. The van der Waals surface area contributed by atoms with E-state index < -0.39 is 0 Å². The van der Waals surface area contributed by atoms with E-state index in [1.165, 1.54) is 0 Å². The number of pyridine rings is 1. The molecule has 10 nitrogen and oxygen atoms in total. The Morgan fingerprint density at radius 1 is 1.22 bits per heavy atom. The molecule has 0 radical (unpaired) electrons. The zero-order valence-electron chi connectivity index (χ0n) is 20.3. The second-order valence-corrected chi connectivity index (χ2v) is 8.65. The molecule has 5 rings (SSSR count). The fourth-order valence-corrected chi connectivity index (χ4v) is 4.36. The molecule has 0 unspecified atom stereocenters. The van der Waals surface area contributed by atoms with Gasteiger partial charge in [-0.3, -0.25) is 15.2 Å². The highest BCUT2D eigenvalue weighted by Gasteiger charge is 2.25. The van der Waals surface area contributed by atoms with E-state index in [2.05, 4.69) is 48.1 Å². The number of carbonyl (C=O) groups excluding carboxylic acids is 1. The Morgan fingerprint density at radius 3 is 2.75 bits per heavy atom. The lowest BCUT2D eigenvalue weighted by Gasteiger charge is -2.14. The Bertz CT molecular complexity index is 1380. The lowest BCUT2D eigenvalue weighted by Crippen LogP contribution is -2.28. The van der Waals surface area contributed by atoms with Crippen LogP contribution in [0.2, 0.25) is 0 Å². The second-order valence-electron chi connectivity index (χ2n) is 8.65. The van der Waals surface area contributed by atoms with Gasteiger partial charge >= 0.3 is 6.03 Å². The summed E-state index contributed by atoms with van der Waals surface area (Å²) in [6.07, 6.45) is 5.34. The smallest absolute Gasteiger partial charge is 0.321 e. The molecule has 4 heterocycles. The van der Waals surface area contributed by atoms with Crippen LogP contribution in [0.3, 0.4) is 0 Å². The molecule has 2 amide bonds. The van der Waals surface area contributed by atoms with Crippen molar-refractivity contribution in [2.45, 2.75) is 19.6 Å². The van der Waals surface area contributed by atoms with Gasteiger partial charge in [0.15, 0.2) is 5.82 Å². The number of aromatic nitrogens is 5. The van der Waals surface area contributed by atoms with Gasteiger partial charge < -0.3 is 15.0 Å². The van der Waals surface area contributed by atoms with Gasteiger partial charge in [0, 0.05) is 63.0 Å². The fraction of sp³-hybridized carbons (Fsp3) is 0.269. The first-order valence-electron chi connectivity index (χ1n) is 11.8. The standard InChI is InChI=1S/C26H28N8O2/c1-4-27-26(35)33-25-31-21-11-18(10-20(23(21)32-25)24-28-8-5-9-29-24)17-6-7-19(30-12-17)14-34-13-16(2)22(15-34)36-3/h5-12,22H,2,4,13-15H2,1,3H3,(H3,27,31,32,33,35)/t22-/m1/s1. The van der Waals surface area contributed by atoms with Gasteiger partial charge in [-0.15, -0.1) is 0 Å². The number of likely N-dealkylation sites (tertiary alicyclic amines) is 1. The minimum absolute atomic E-state index is 0.0801. The van der Waals surface area contributed by atoms with Crippen molar-refractivity contribution in [1.29, 1.82) is 0 Å². The molecule has 184 valence electrons. The van der Waals surface area contributed by atoms with Gasteiger partial charge in [0.1, 0.15) is 5.52 Å². The number of rotatable bonds is 7. The van der Waals surface area contributed by atoms with Crippen molar-refractivity contribution < 1.29 is 9.53 Å². The maximum absolute atomic E-state index is 12.0. The summed E-state index contributed by atoms with van der Waals surface area (Å²) in [5, 5.41) is 5.44. The fourth-order valence-electron chi connectivity index (χ4n) is 4.36. The molecule has 1 fully saturated rings. The predicted octanol–water partition coefficient (Wildman–Crippen LogP) is 3.61. The van der Waals surface area contributed by atoms with Gasteiger partial charge in [0.05, 0.1) is 17.3 Å². The summed E-state index contributed by atoms with van der Waals surface area (Å²) in [5.41, 5.74) is 6.14. The van der Waals surface area contributed by atoms with Crippen molar-refractivity contribution in [3.63, 3.8) is 0 Å². The molecule has 0 saturated carbocycles. The summed E-state index contributed by atoms with van der Waals surface area (Å²) < 4.78 is 5.48. The molecule has 3 N–H and O–H groups in total. The van der Waals surface area contributed by atoms with E-state index in [1.807, 2.05) is 31.3 Å². The average molecular weight is 485 g/mol. The van der Waals surface area contributed by atoms with Crippen molar-refractivity contribution in [2.24, 2.45) is 0 Å². The van der Waals surface area contributed by atoms with Crippen molar-refractivity contribution in [3.05, 3.63) is 66.8 Å². The third-order valence-corrected chi connectivity index (χ3v) is 6.10. The molecule has 1 aliphatic heterocycles. The topological polar surface area (TPSA) is 121 Å². The largest absolute Gasteiger partial charge is 0.376 e. The number of nitrogens with one attached hydrogen (secondary N) is 3. The Kier molecular flexibility index (Phi) is 6.70. The molecular formula is C26H28N8O2. The van der Waals surface area contributed by atoms with Crippen LogP contribution in [0.15, 0.2) is 61.1 Å². The van der Waals surface area contributed by atoms with Crippen molar-refractivity contribution in [2.75, 3.05) is 32.1 Å². The quantitative estimate of drug-likeness (QED) is 0.343. The van der Waals surface area contributed by atoms with Gasteiger partial charge in [-0.2, -0.15) is 0 Å². The van der Waals surface area contributed by atoms with Gasteiger partial charge in [0.25, 0.3) is 0 Å². The van der Waals surface area contributed by atoms with E-state index in [0.717, 1.165) is 53.1 Å². The first-order valence-corrected chi connectivity index (χ1v) is 11.8. The summed E-state index contributed by atoms with van der Waals surface area (Å²) in [4.78, 5) is 35.6. The Labute approximate surface area is 208 Å². The van der Waals surface area contributed by atoms with Crippen LogP contribution in [0.4, 0.5) is 10.7 Å². The maximum atomic E-state index is 12.0. The van der Waals surface area contributed by atoms with Gasteiger partial charge in [-0.25, -0.2) is 19.7 Å². The van der Waals surface area contributed by atoms with Crippen molar-refractivity contribution in [3.8, 4) is 22.5 Å². The molecule has 1 aliphatic rings. The van der Waals surface area contributed by atoms with Crippen molar-refractivity contribution >= 4 is 23.0 Å². The summed E-state index contributed by atoms with van der Waals surface area (Å²) in [6.45, 7) is 8.84. The molecule has 0 aliphatic carbocycles. The second kappa shape index (κ2) is 10.2. The molecule has 1 atom stereocenters. The lowest BCUT2D eigenvalue weighted by molar-refractivity contribution is 0.125. The molecule has 1 saturated heterocycles. The number of H-pyrrole nitrogens is 1. The summed E-state index contributed by atoms with van der Waals surface area (Å²) in [5.74, 6) is 0.896. The third-order valence-electron chi connectivity index (χ3n) is 6.10. The normalized spacial score (nSPS) is 15.9. The number of hydrogen-bond donors (Lipinski definition) is 3. The average Bonchev–Trinajstić information content (AvgIpc) is 3.46. The molecule has 3 aromatic heterocycles. The van der Waals surface area contributed by atoms with Crippen LogP contribution in [-0.2, 0) is 11.3 Å². The van der Waals surface area contributed by atoms with Crippen LogP contribution in [0.5, 0.6) is 0 Å². The van der Waals surface area contributed by atoms with Crippen LogP contribution in [0.1, 0.15) is 12.6 Å². The number of anilines is 1. The first-order chi connectivity index (χ1) is 17.5. The number of fused-ring (bicyclic) bond motifs is 1. The highest BCUT2D eigenvalue weighted by molar-refractivity contribution is 5.97. The number of methoxy groups -OCH3 is 1. The molecule has 1 aromatic carbocycles. The summed E-state index contributed by atoms with van der Waals surface area (Å²) >= 11 is 0. The Hall–Kier alpha value is -4.15. The zero-order chi connectivity index (χ0) is 25.1. The van der Waals surface area contributed by atoms with Gasteiger partial charge in [-0.1, -0.05) is 12.6 Å². The number of urea groups is 1. The number of benzene rings is 1. The number of imidazole rings is 1. The number of carbonyl (C=O) groups is 1. The minimum atomic E-state index is -0.326. The third kappa shape index (κ3) is 4.95. The van der Waals surface area contributed by atoms with Crippen LogP contribution in [0, 0.1) is 0 Å². The summed E-state index contributed by atoms with van der Waals surface area (Å²) in [7, 11) is 1.72. The Morgan fingerprint density at radius 2 is 2.06 bits per heavy atom. The number of hydrogen-bond acceptors (Lipinski definition) is 7. The van der Waals surface area contributed by atoms with E-state index >= 15 is 0 Å². The van der Waals surface area contributed by atoms with Gasteiger partial charge in [0.2, 0.25) is 5.95 Å². The number of amides is 2. The van der Waals surface area contributed by atoms with Crippen molar-refractivity contribution in [1.82, 2.24) is 35.1 Å². The first kappa shape index (κ1) is 23.6. The van der Waals surface area contributed by atoms with E-state index in [9.17, 15) is 4.79 Å². The number of aromatic amines is 1. The minimum Gasteiger partial charge on any atom is -0.376 e. The maximum Gasteiger partial charge on any atom is 0.321 e. The van der Waals surface area contributed by atoms with Crippen LogP contribution in [0.25, 0.3) is 33.5 Å². The molecule has 4 aromatic rings. The van der Waals surface area contributed by atoms with Crippen LogP contribution < -0.4 is 10.6 Å². The number of nitrogens with zero attached hydrogens (tertiary/aromatic N) is 5. The van der Waals surface area contributed by atoms with E-state index in [-0.39, 0.29) is 12.1 Å². The SMILES string of the molecule is C=C1CN(Cc2ccc(-c3cc(-c4ncccn4)c4nc(NC(=O)NCC)[nH]c4c3)cn2)C[C@H]1OC. The highest BCUT2D eigenvalue weighted by Crippen LogP contribution is 2.32. The molecule has 36 heavy (non-hydrogen) atoms. The van der Waals surface area contributed by atoms with Gasteiger partial charge in [-0.05, 0) is 42.3 Å².